The molecule has 1 fully saturated rings. The first kappa shape index (κ1) is 20.6. The number of imide groups is 1. The number of amides is 4. The second-order valence-electron chi connectivity index (χ2n) is 7.95. The molecule has 1 unspecified atom stereocenters. The van der Waals surface area contributed by atoms with Crippen LogP contribution in [0.3, 0.4) is 0 Å². The largest absolute Gasteiger partial charge is 0.489 e. The first-order chi connectivity index (χ1) is 15.9. The van der Waals surface area contributed by atoms with Gasteiger partial charge in [-0.3, -0.25) is 19.9 Å². The highest BCUT2D eigenvalue weighted by atomic mass is 19.1. The van der Waals surface area contributed by atoms with E-state index in [9.17, 15) is 18.8 Å². The fourth-order valence-corrected chi connectivity index (χ4v) is 4.14. The molecule has 2 aliphatic rings. The van der Waals surface area contributed by atoms with Gasteiger partial charge in [-0.25, -0.2) is 9.18 Å². The number of rotatable bonds is 6. The molecule has 2 aliphatic heterocycles. The van der Waals surface area contributed by atoms with Crippen LogP contribution in [-0.4, -0.2) is 34.3 Å². The van der Waals surface area contributed by atoms with Crippen molar-refractivity contribution < 1.29 is 23.5 Å². The Morgan fingerprint density at radius 2 is 1.91 bits per heavy atom. The van der Waals surface area contributed by atoms with E-state index in [0.717, 1.165) is 11.1 Å². The van der Waals surface area contributed by atoms with E-state index >= 15 is 0 Å². The van der Waals surface area contributed by atoms with E-state index in [1.165, 1.54) is 29.2 Å². The number of urea groups is 1. The van der Waals surface area contributed by atoms with Crippen LogP contribution in [0.25, 0.3) is 0 Å². The van der Waals surface area contributed by atoms with Crippen molar-refractivity contribution in [2.45, 2.75) is 18.7 Å². The van der Waals surface area contributed by atoms with Gasteiger partial charge >= 0.3 is 6.03 Å². The summed E-state index contributed by atoms with van der Waals surface area (Å²) in [5, 5.41) is 4.86. The average Bonchev–Trinajstić information content (AvgIpc) is 3.28. The molecule has 1 atom stereocenters. The number of hydrogen-bond donors (Lipinski definition) is 2. The van der Waals surface area contributed by atoms with E-state index < -0.39 is 23.3 Å². The van der Waals surface area contributed by atoms with Crippen LogP contribution < -0.4 is 15.4 Å². The summed E-state index contributed by atoms with van der Waals surface area (Å²) in [6, 6.07) is 13.5. The monoisotopic (exact) mass is 446 g/mol. The molecule has 9 heteroatoms. The summed E-state index contributed by atoms with van der Waals surface area (Å²) >= 11 is 0. The van der Waals surface area contributed by atoms with Gasteiger partial charge in [0.1, 0.15) is 18.2 Å². The summed E-state index contributed by atoms with van der Waals surface area (Å²) in [6.45, 7) is 0.476. The number of carbonyl (C=O) groups is 3. The molecule has 0 saturated carbocycles. The molecule has 8 nitrogen and oxygen atoms in total. The molecule has 166 valence electrons. The van der Waals surface area contributed by atoms with Crippen molar-refractivity contribution in [3.63, 3.8) is 0 Å². The Morgan fingerprint density at radius 1 is 1.09 bits per heavy atom. The van der Waals surface area contributed by atoms with Gasteiger partial charge in [-0.05, 0) is 47.5 Å². The lowest BCUT2D eigenvalue weighted by Gasteiger charge is -2.31. The normalized spacial score (nSPS) is 19.3. The number of halogens is 1. The van der Waals surface area contributed by atoms with Crippen molar-refractivity contribution in [2.24, 2.45) is 0 Å². The molecule has 1 saturated heterocycles. The maximum atomic E-state index is 13.5. The third kappa shape index (κ3) is 3.78. The molecule has 3 aromatic rings. The predicted molar refractivity (Wildman–Crippen MR) is 115 cm³/mol. The number of hydrogen-bond acceptors (Lipinski definition) is 5. The van der Waals surface area contributed by atoms with Crippen molar-refractivity contribution in [3.05, 3.63) is 95.1 Å². The number of nitrogens with one attached hydrogen (secondary N) is 2. The molecule has 33 heavy (non-hydrogen) atoms. The van der Waals surface area contributed by atoms with Gasteiger partial charge in [0.15, 0.2) is 5.54 Å². The van der Waals surface area contributed by atoms with Crippen LogP contribution in [-0.2, 0) is 23.5 Å². The van der Waals surface area contributed by atoms with Crippen molar-refractivity contribution in [1.29, 1.82) is 0 Å². The molecule has 0 aliphatic carbocycles. The molecule has 0 radical (unpaired) electrons. The highest BCUT2D eigenvalue weighted by Crippen LogP contribution is 2.32. The molecule has 0 bridgehead atoms. The van der Waals surface area contributed by atoms with E-state index in [1.54, 1.807) is 30.6 Å². The SMILES string of the molecule is O=C1NC(=O)C(CN2Cc3cc(OCc4cccnc4)ccc3C2=O)(c2ccc(F)cc2)N1. The number of nitrogens with zero attached hydrogens (tertiary/aromatic N) is 2. The molecule has 0 spiro atoms. The minimum Gasteiger partial charge on any atom is -0.489 e. The second-order valence-corrected chi connectivity index (χ2v) is 7.95. The van der Waals surface area contributed by atoms with Crippen LogP contribution in [0.4, 0.5) is 9.18 Å². The Kier molecular flexibility index (Phi) is 5.01. The molecule has 1 aromatic heterocycles. The van der Waals surface area contributed by atoms with Gasteiger partial charge in [-0.2, -0.15) is 0 Å². The minimum atomic E-state index is -1.51. The minimum absolute atomic E-state index is 0.102. The number of fused-ring (bicyclic) bond motifs is 1. The predicted octanol–water partition coefficient (Wildman–Crippen LogP) is 2.49. The Bertz CT molecular complexity index is 1250. The summed E-state index contributed by atoms with van der Waals surface area (Å²) in [7, 11) is 0. The highest BCUT2D eigenvalue weighted by Gasteiger charge is 2.50. The fraction of sp³-hybridized carbons (Fsp3) is 0.167. The maximum absolute atomic E-state index is 13.5. The lowest BCUT2D eigenvalue weighted by Crippen LogP contribution is -2.52. The number of benzene rings is 2. The molecule has 2 N–H and O–H groups in total. The Morgan fingerprint density at radius 3 is 2.61 bits per heavy atom. The molecular weight excluding hydrogens is 427 g/mol. The van der Waals surface area contributed by atoms with Gasteiger partial charge in [0, 0.05) is 30.1 Å². The second kappa shape index (κ2) is 8.01. The molecule has 3 heterocycles. The number of pyridine rings is 1. The summed E-state index contributed by atoms with van der Waals surface area (Å²) in [5.41, 5.74) is 1.05. The Hall–Kier alpha value is -4.27. The number of aromatic nitrogens is 1. The zero-order chi connectivity index (χ0) is 23.0. The van der Waals surface area contributed by atoms with Crippen molar-refractivity contribution in [1.82, 2.24) is 20.5 Å². The fourth-order valence-electron chi connectivity index (χ4n) is 4.14. The van der Waals surface area contributed by atoms with Crippen LogP contribution in [0.5, 0.6) is 5.75 Å². The average molecular weight is 446 g/mol. The van der Waals surface area contributed by atoms with Crippen LogP contribution in [0.15, 0.2) is 67.0 Å². The van der Waals surface area contributed by atoms with Gasteiger partial charge in [0.25, 0.3) is 11.8 Å². The third-order valence-corrected chi connectivity index (χ3v) is 5.79. The Labute approximate surface area is 188 Å². The number of carbonyl (C=O) groups excluding carboxylic acids is 3. The van der Waals surface area contributed by atoms with Gasteiger partial charge in [-0.15, -0.1) is 0 Å². The van der Waals surface area contributed by atoms with Crippen molar-refractivity contribution in [3.8, 4) is 5.75 Å². The summed E-state index contributed by atoms with van der Waals surface area (Å²) < 4.78 is 19.3. The smallest absolute Gasteiger partial charge is 0.322 e. The van der Waals surface area contributed by atoms with E-state index in [2.05, 4.69) is 15.6 Å². The maximum Gasteiger partial charge on any atom is 0.322 e. The van der Waals surface area contributed by atoms with Crippen molar-refractivity contribution in [2.75, 3.05) is 6.54 Å². The lowest BCUT2D eigenvalue weighted by molar-refractivity contribution is -0.124. The van der Waals surface area contributed by atoms with E-state index in [1.807, 2.05) is 12.1 Å². The van der Waals surface area contributed by atoms with Crippen LogP contribution >= 0.6 is 0 Å². The van der Waals surface area contributed by atoms with Gasteiger partial charge < -0.3 is 15.0 Å². The van der Waals surface area contributed by atoms with Crippen LogP contribution in [0, 0.1) is 5.82 Å². The van der Waals surface area contributed by atoms with E-state index in [0.29, 0.717) is 23.5 Å². The van der Waals surface area contributed by atoms with Crippen LogP contribution in [0.1, 0.15) is 27.0 Å². The van der Waals surface area contributed by atoms with E-state index in [4.69, 9.17) is 4.74 Å². The number of ether oxygens (including phenoxy) is 1. The summed E-state index contributed by atoms with van der Waals surface area (Å²) in [5.74, 6) is -0.725. The molecule has 5 rings (SSSR count). The van der Waals surface area contributed by atoms with Crippen molar-refractivity contribution >= 4 is 17.8 Å². The first-order valence-electron chi connectivity index (χ1n) is 10.3. The molecule has 2 aromatic carbocycles. The van der Waals surface area contributed by atoms with E-state index in [-0.39, 0.29) is 19.0 Å². The lowest BCUT2D eigenvalue weighted by atomic mass is 9.89. The summed E-state index contributed by atoms with van der Waals surface area (Å²) in [6.07, 6.45) is 3.40. The Balaban J connectivity index is 1.37. The standard InChI is InChI=1S/C24H19FN4O4/c25-18-5-3-17(4-6-18)24(22(31)27-23(32)28-24)14-29-12-16-10-19(7-8-20(16)21(29)30)33-13-15-2-1-9-26-11-15/h1-11H,12-14H2,(H2,27,28,31,32). The summed E-state index contributed by atoms with van der Waals surface area (Å²) in [4.78, 5) is 43.4. The first-order valence-corrected chi connectivity index (χ1v) is 10.3. The zero-order valence-electron chi connectivity index (χ0n) is 17.4. The highest BCUT2D eigenvalue weighted by molar-refractivity contribution is 6.08. The van der Waals surface area contributed by atoms with Crippen LogP contribution in [0.2, 0.25) is 0 Å². The quantitative estimate of drug-likeness (QED) is 0.567. The zero-order valence-corrected chi connectivity index (χ0v) is 17.4. The molecular formula is C24H19FN4O4. The third-order valence-electron chi connectivity index (χ3n) is 5.79. The van der Waals surface area contributed by atoms with Gasteiger partial charge in [-0.1, -0.05) is 18.2 Å². The molecule has 4 amide bonds. The van der Waals surface area contributed by atoms with Gasteiger partial charge in [0.2, 0.25) is 0 Å². The topological polar surface area (TPSA) is 101 Å². The van der Waals surface area contributed by atoms with Gasteiger partial charge in [0.05, 0.1) is 6.54 Å².